The molecule has 0 radical (unpaired) electrons. The minimum atomic E-state index is -4.50. The number of aromatic amines is 1. The van der Waals surface area contributed by atoms with Crippen molar-refractivity contribution in [1.29, 1.82) is 0 Å². The van der Waals surface area contributed by atoms with Crippen LogP contribution in [0.2, 0.25) is 0 Å². The van der Waals surface area contributed by atoms with Crippen molar-refractivity contribution in [3.8, 4) is 0 Å². The third kappa shape index (κ3) is 21.5. The third-order valence-corrected chi connectivity index (χ3v) is 27.6. The number of aromatic nitrogens is 2. The van der Waals surface area contributed by atoms with E-state index in [2.05, 4.69) is 92.3 Å². The van der Waals surface area contributed by atoms with Crippen molar-refractivity contribution in [2.75, 3.05) is 139 Å². The second-order valence-corrected chi connectivity index (χ2v) is 37.7. The number of anilines is 4. The monoisotopic (exact) mass is 1690 g/mol. The van der Waals surface area contributed by atoms with Crippen molar-refractivity contribution < 1.29 is 54.5 Å². The molecule has 1 aromatic heterocycles. The lowest BCUT2D eigenvalue weighted by Crippen LogP contribution is -2.49. The summed E-state index contributed by atoms with van der Waals surface area (Å²) in [6, 6.07) is 41.3. The number of allylic oxidation sites excluding steroid dienone is 6. The minimum absolute atomic E-state index is 0.0461. The number of benzene rings is 6. The maximum Gasteiger partial charge on any atom is 0.326 e. The Hall–Kier alpha value is -9.75. The van der Waals surface area contributed by atoms with Gasteiger partial charge in [-0.25, -0.2) is 4.79 Å². The summed E-state index contributed by atoms with van der Waals surface area (Å²) >= 11 is 0. The molecule has 0 spiro atoms. The summed E-state index contributed by atoms with van der Waals surface area (Å²) in [5, 5.41) is 12.3. The van der Waals surface area contributed by atoms with Crippen molar-refractivity contribution >= 4 is 95.0 Å². The number of para-hydroxylation sites is 6. The van der Waals surface area contributed by atoms with E-state index >= 15 is 0 Å². The van der Waals surface area contributed by atoms with Crippen LogP contribution in [0, 0.1) is 5.92 Å². The number of piperidine rings is 3. The van der Waals surface area contributed by atoms with Crippen molar-refractivity contribution in [2.45, 2.75) is 158 Å². The Morgan fingerprint density at radius 1 is 0.570 bits per heavy atom. The van der Waals surface area contributed by atoms with Crippen LogP contribution in [0.4, 0.5) is 28.4 Å². The van der Waals surface area contributed by atoms with Crippen LogP contribution in [-0.4, -0.2) is 229 Å². The summed E-state index contributed by atoms with van der Waals surface area (Å²) in [6.07, 6.45) is 22.4. The Morgan fingerprint density at radius 2 is 1.21 bits per heavy atom. The van der Waals surface area contributed by atoms with Gasteiger partial charge in [-0.1, -0.05) is 106 Å². The van der Waals surface area contributed by atoms with Crippen molar-refractivity contribution in [1.82, 2.24) is 50.0 Å². The minimum Gasteiger partial charge on any atom is -0.352 e. The molecule has 8 heterocycles. The van der Waals surface area contributed by atoms with Crippen molar-refractivity contribution in [2.24, 2.45) is 5.92 Å². The van der Waals surface area contributed by atoms with Gasteiger partial charge >= 0.3 is 5.69 Å². The van der Waals surface area contributed by atoms with Gasteiger partial charge in [-0.15, -0.1) is 0 Å². The molecule has 4 saturated heterocycles. The molecule has 14 rings (SSSR count). The molecule has 4 fully saturated rings. The Bertz CT molecular complexity index is 5350. The van der Waals surface area contributed by atoms with E-state index < -0.39 is 25.7 Å². The van der Waals surface area contributed by atoms with E-state index in [1.807, 2.05) is 122 Å². The fraction of sp³-hybridized carbons (Fsp3) is 0.473. The number of imidazole rings is 1. The highest BCUT2D eigenvalue weighted by atomic mass is 32.2. The number of nitrogens with one attached hydrogen (secondary N) is 5. The number of H-pyrrole nitrogens is 1. The van der Waals surface area contributed by atoms with E-state index in [4.69, 9.17) is 0 Å². The summed E-state index contributed by atoms with van der Waals surface area (Å²) in [7, 11) is -8.58. The van der Waals surface area contributed by atoms with Crippen LogP contribution in [0.5, 0.6) is 0 Å². The first-order valence-electron chi connectivity index (χ1n) is 43.5. The predicted molar refractivity (Wildman–Crippen MR) is 475 cm³/mol. The summed E-state index contributed by atoms with van der Waals surface area (Å²) in [6.45, 7) is 22.2. The van der Waals surface area contributed by atoms with Gasteiger partial charge in [0.1, 0.15) is 6.54 Å². The number of rotatable bonds is 34. The standard InChI is InChI=1S/C93H118N14O12S2/c1-92(2)75-25-11-15-29-80(75)104(47-21-22-60-120(114,115)116)84(92)32-7-5-8-33-85-93(3,4)76-64-73(121(117,118)119)35-36-81(76)105(85)46-19-6-9-34-86(108)96-65-68-61-69(88(110)94-43-54-100-50-39-71(40-51-100)103-52-41-72(42-53-103)106-82-30-16-13-27-78(82)98-91(106)113)63-70(62-68)89(111)95-44-55-101-58-56-99(57-59-101)45-20-18-23-67-37-48-102(49-38-67)66-87(109)107-79-28-14-10-24-74(79)90(112)97-77-26-12-17-31-83(77)107/h5,7-8,10-17,24-33,35-36,61-64,67,71-72H,6,9,18-23,34,37-60,65-66H2,1-4H3,(H6-,94,95,96,97,98,108,110,111,112,113,114,115,116,117,118,119)/p+1. The Morgan fingerprint density at radius 3 is 1.93 bits per heavy atom. The number of carbonyl (C=O) groups excluding carboxylic acids is 5. The van der Waals surface area contributed by atoms with Gasteiger partial charge in [0.05, 0.1) is 56.3 Å². The molecule has 0 unspecified atom stereocenters. The Kier molecular flexibility index (Phi) is 28.4. The summed E-state index contributed by atoms with van der Waals surface area (Å²) < 4.78 is 71.7. The van der Waals surface area contributed by atoms with E-state index in [0.29, 0.717) is 123 Å². The van der Waals surface area contributed by atoms with E-state index in [1.54, 1.807) is 35.2 Å². The van der Waals surface area contributed by atoms with E-state index in [9.17, 15) is 54.7 Å². The molecule has 6 aromatic carbocycles. The SMILES string of the molecule is CC1(C)C(/C=C/C=C/C=C2/N(CCCCCC(=O)NCc3cc(C(=O)NCCN4CCC(N5CCC(n6c(=O)[nH]c7ccccc76)CC5)CC4)cc(C(=O)NCCN4CCN(CCCCC5CCN(CC(=O)N6c7ccccc7NC(=O)c7ccccc76)CC5)CC4)c3)c3ccc(S(=O)(=O)O)cc3C2(C)C)=[N+](CCCCS(=O)(=O)O)c2ccccc21. The molecular weight excluding hydrogens is 1570 g/mol. The van der Waals surface area contributed by atoms with Crippen LogP contribution in [0.1, 0.15) is 178 Å². The van der Waals surface area contributed by atoms with Crippen LogP contribution in [0.15, 0.2) is 179 Å². The third-order valence-electron chi connectivity index (χ3n) is 25.9. The molecule has 7 aliphatic rings. The lowest BCUT2D eigenvalue weighted by molar-refractivity contribution is -0.438. The molecule has 0 saturated carbocycles. The zero-order valence-electron chi connectivity index (χ0n) is 70.4. The van der Waals surface area contributed by atoms with Gasteiger partial charge in [0.25, 0.3) is 38.0 Å². The molecule has 0 bridgehead atoms. The normalized spacial score (nSPS) is 18.9. The van der Waals surface area contributed by atoms with Gasteiger partial charge in [-0.2, -0.15) is 21.4 Å². The highest BCUT2D eigenvalue weighted by molar-refractivity contribution is 7.86. The fourth-order valence-electron chi connectivity index (χ4n) is 19.2. The average molecular weight is 1690 g/mol. The molecule has 5 amide bonds. The molecule has 0 aliphatic carbocycles. The van der Waals surface area contributed by atoms with Gasteiger partial charge < -0.3 is 45.9 Å². The zero-order valence-corrected chi connectivity index (χ0v) is 72.0. The number of hydrogen-bond acceptors (Lipinski definition) is 16. The number of amides is 5. The van der Waals surface area contributed by atoms with Crippen LogP contribution in [-0.2, 0) is 47.2 Å². The second-order valence-electron chi connectivity index (χ2n) is 34.7. The first-order valence-corrected chi connectivity index (χ1v) is 46.6. The maximum atomic E-state index is 14.2. The number of fused-ring (bicyclic) bond motifs is 5. The second kappa shape index (κ2) is 39.2. The molecule has 28 heteroatoms. The van der Waals surface area contributed by atoms with Crippen LogP contribution >= 0.6 is 0 Å². The van der Waals surface area contributed by atoms with E-state index in [1.165, 1.54) is 12.1 Å². The van der Waals surface area contributed by atoms with Gasteiger partial charge in [-0.05, 0) is 207 Å². The Labute approximate surface area is 711 Å². The number of piperazine rings is 1. The van der Waals surface area contributed by atoms with Crippen molar-refractivity contribution in [3.05, 3.63) is 213 Å². The largest absolute Gasteiger partial charge is 0.352 e. The number of likely N-dealkylation sites (tertiary alicyclic amines) is 3. The maximum absolute atomic E-state index is 14.2. The van der Waals surface area contributed by atoms with Crippen LogP contribution < -0.4 is 36.8 Å². The van der Waals surface area contributed by atoms with Gasteiger partial charge in [0.2, 0.25) is 17.5 Å². The van der Waals surface area contributed by atoms with Gasteiger partial charge in [0, 0.05) is 149 Å². The van der Waals surface area contributed by atoms with Crippen LogP contribution in [0.3, 0.4) is 0 Å². The first kappa shape index (κ1) is 87.6. The smallest absolute Gasteiger partial charge is 0.326 e. The molecular formula is C93H119N14O12S2+. The lowest BCUT2D eigenvalue weighted by Gasteiger charge is -2.42. The molecule has 26 nitrogen and oxygen atoms in total. The number of carbonyl (C=O) groups is 5. The van der Waals surface area contributed by atoms with Gasteiger partial charge in [0.15, 0.2) is 5.71 Å². The topological polar surface area (TPSA) is 306 Å². The lowest BCUT2D eigenvalue weighted by atomic mass is 9.81. The zero-order chi connectivity index (χ0) is 85.0. The number of unbranched alkanes of at least 4 members (excludes halogenated alkanes) is 4. The van der Waals surface area contributed by atoms with E-state index in [-0.39, 0.29) is 76.8 Å². The van der Waals surface area contributed by atoms with Crippen LogP contribution in [0.25, 0.3) is 11.0 Å². The molecule has 7 N–H and O–H groups in total. The fourth-order valence-corrected chi connectivity index (χ4v) is 20.2. The van der Waals surface area contributed by atoms with E-state index in [0.717, 1.165) is 175 Å². The van der Waals surface area contributed by atoms with Crippen molar-refractivity contribution in [3.63, 3.8) is 0 Å². The summed E-state index contributed by atoms with van der Waals surface area (Å²) in [5.41, 5.74) is 10.1. The average Bonchev–Trinajstić information content (AvgIpc) is 1.56. The number of nitrogens with zero attached hydrogens (tertiary/aromatic N) is 9. The highest BCUT2D eigenvalue weighted by Gasteiger charge is 2.45. The molecule has 7 aliphatic heterocycles. The molecule has 644 valence electrons. The number of hydrogen-bond donors (Lipinski definition) is 7. The quantitative estimate of drug-likeness (QED) is 0.00853. The summed E-state index contributed by atoms with van der Waals surface area (Å²) in [5.74, 6) is -0.748. The molecule has 0 atom stereocenters. The molecule has 121 heavy (non-hydrogen) atoms. The highest BCUT2D eigenvalue weighted by Crippen LogP contribution is 2.49. The van der Waals surface area contributed by atoms with Gasteiger partial charge in [-0.3, -0.25) is 52.3 Å². The molecule has 7 aromatic rings. The Balaban J connectivity index is 0.551. The predicted octanol–water partition coefficient (Wildman–Crippen LogP) is 12.0. The first-order chi connectivity index (χ1) is 58.2. The summed E-state index contributed by atoms with van der Waals surface area (Å²) in [4.78, 5) is 101.